The van der Waals surface area contributed by atoms with E-state index < -0.39 is 17.7 Å². The molecule has 2 aromatic rings. The van der Waals surface area contributed by atoms with Crippen molar-refractivity contribution >= 4 is 17.8 Å². The van der Waals surface area contributed by atoms with Crippen LogP contribution in [0.2, 0.25) is 0 Å². The molecule has 3 rings (SSSR count). The predicted molar refractivity (Wildman–Crippen MR) is 109 cm³/mol. The normalized spacial score (nSPS) is 16.4. The van der Waals surface area contributed by atoms with Gasteiger partial charge in [0.05, 0.1) is 12.8 Å². The van der Waals surface area contributed by atoms with Crippen LogP contribution in [0.5, 0.6) is 5.75 Å². The standard InChI is InChI=1S/C21H26N4O4/c1-21(2,3)29-20(27)25-11-7-9-16(25)19(26)24-18-12-15(22-13-23-18)14-8-5-6-10-17(14)28-4/h5-6,8,10,12-13,16H,7,9,11H2,1-4H3,(H,22,23,24,26)/t16-/m0/s1. The number of benzene rings is 1. The van der Waals surface area contributed by atoms with Gasteiger partial charge in [-0.15, -0.1) is 0 Å². The van der Waals surface area contributed by atoms with Gasteiger partial charge in [0.2, 0.25) is 5.91 Å². The first-order valence-electron chi connectivity index (χ1n) is 9.54. The Bertz CT molecular complexity index is 894. The minimum atomic E-state index is -0.614. The number of anilines is 1. The second-order valence-electron chi connectivity index (χ2n) is 7.81. The fourth-order valence-electron chi connectivity index (χ4n) is 3.22. The summed E-state index contributed by atoms with van der Waals surface area (Å²) in [6.45, 7) is 5.90. The molecule has 0 unspecified atom stereocenters. The Kier molecular flexibility index (Phi) is 6.00. The van der Waals surface area contributed by atoms with Crippen LogP contribution in [0.25, 0.3) is 11.3 Å². The van der Waals surface area contributed by atoms with E-state index in [0.717, 1.165) is 12.0 Å². The number of likely N-dealkylation sites (tertiary alicyclic amines) is 1. The van der Waals surface area contributed by atoms with Gasteiger partial charge in [0.25, 0.3) is 0 Å². The number of rotatable bonds is 4. The molecule has 1 aromatic heterocycles. The Morgan fingerprint density at radius 2 is 1.97 bits per heavy atom. The molecule has 8 heteroatoms. The maximum atomic E-state index is 12.8. The van der Waals surface area contributed by atoms with Crippen LogP contribution < -0.4 is 10.1 Å². The summed E-state index contributed by atoms with van der Waals surface area (Å²) in [5, 5.41) is 2.80. The molecule has 154 valence electrons. The fraction of sp³-hybridized carbons (Fsp3) is 0.429. The maximum absolute atomic E-state index is 12.8. The third kappa shape index (κ3) is 5.01. The Morgan fingerprint density at radius 1 is 1.21 bits per heavy atom. The highest BCUT2D eigenvalue weighted by Crippen LogP contribution is 2.29. The number of aromatic nitrogens is 2. The van der Waals surface area contributed by atoms with Gasteiger partial charge in [-0.3, -0.25) is 9.69 Å². The van der Waals surface area contributed by atoms with Crippen molar-refractivity contribution < 1.29 is 19.1 Å². The first-order chi connectivity index (χ1) is 13.8. The molecule has 0 aliphatic carbocycles. The highest BCUT2D eigenvalue weighted by Gasteiger charge is 2.36. The van der Waals surface area contributed by atoms with E-state index in [9.17, 15) is 9.59 Å². The van der Waals surface area contributed by atoms with Gasteiger partial charge in [0.1, 0.15) is 29.5 Å². The number of hydrogen-bond acceptors (Lipinski definition) is 6. The lowest BCUT2D eigenvalue weighted by atomic mass is 10.1. The Morgan fingerprint density at radius 3 is 2.69 bits per heavy atom. The lowest BCUT2D eigenvalue weighted by Crippen LogP contribution is -2.45. The van der Waals surface area contributed by atoms with E-state index in [2.05, 4.69) is 15.3 Å². The zero-order valence-electron chi connectivity index (χ0n) is 17.1. The zero-order chi connectivity index (χ0) is 21.0. The van der Waals surface area contributed by atoms with E-state index in [1.54, 1.807) is 33.9 Å². The first-order valence-corrected chi connectivity index (χ1v) is 9.54. The third-order valence-corrected chi connectivity index (χ3v) is 4.48. The number of para-hydroxylation sites is 1. The average molecular weight is 398 g/mol. The number of carbonyl (C=O) groups excluding carboxylic acids is 2. The van der Waals surface area contributed by atoms with E-state index in [-0.39, 0.29) is 5.91 Å². The second-order valence-corrected chi connectivity index (χ2v) is 7.81. The minimum absolute atomic E-state index is 0.293. The molecule has 1 saturated heterocycles. The molecule has 1 aromatic carbocycles. The summed E-state index contributed by atoms with van der Waals surface area (Å²) in [6, 6.07) is 8.57. The minimum Gasteiger partial charge on any atom is -0.496 e. The van der Waals surface area contributed by atoms with Crippen molar-refractivity contribution in [1.29, 1.82) is 0 Å². The van der Waals surface area contributed by atoms with Crippen molar-refractivity contribution in [3.05, 3.63) is 36.7 Å². The Balaban J connectivity index is 1.74. The molecular weight excluding hydrogens is 372 g/mol. The summed E-state index contributed by atoms with van der Waals surface area (Å²) in [7, 11) is 1.59. The maximum Gasteiger partial charge on any atom is 0.410 e. The Labute approximate surface area is 170 Å². The van der Waals surface area contributed by atoms with E-state index in [4.69, 9.17) is 9.47 Å². The Hall–Kier alpha value is -3.16. The van der Waals surface area contributed by atoms with Gasteiger partial charge in [-0.1, -0.05) is 12.1 Å². The van der Waals surface area contributed by atoms with Crippen molar-refractivity contribution in [2.45, 2.75) is 45.3 Å². The summed E-state index contributed by atoms with van der Waals surface area (Å²) in [5.41, 5.74) is 0.809. The van der Waals surface area contributed by atoms with Gasteiger partial charge in [0, 0.05) is 18.2 Å². The van der Waals surface area contributed by atoms with Crippen LogP contribution in [0.3, 0.4) is 0 Å². The lowest BCUT2D eigenvalue weighted by Gasteiger charge is -2.27. The number of amides is 2. The fourth-order valence-corrected chi connectivity index (χ4v) is 3.22. The van der Waals surface area contributed by atoms with Crippen LogP contribution in [0.1, 0.15) is 33.6 Å². The van der Waals surface area contributed by atoms with Crippen LogP contribution >= 0.6 is 0 Å². The van der Waals surface area contributed by atoms with Gasteiger partial charge >= 0.3 is 6.09 Å². The van der Waals surface area contributed by atoms with Crippen molar-refractivity contribution in [3.63, 3.8) is 0 Å². The van der Waals surface area contributed by atoms with Crippen LogP contribution in [0.15, 0.2) is 36.7 Å². The van der Waals surface area contributed by atoms with Crippen molar-refractivity contribution in [1.82, 2.24) is 14.9 Å². The van der Waals surface area contributed by atoms with E-state index in [1.165, 1.54) is 11.2 Å². The largest absolute Gasteiger partial charge is 0.496 e. The van der Waals surface area contributed by atoms with Gasteiger partial charge < -0.3 is 14.8 Å². The third-order valence-electron chi connectivity index (χ3n) is 4.48. The number of nitrogens with one attached hydrogen (secondary N) is 1. The molecule has 29 heavy (non-hydrogen) atoms. The summed E-state index contributed by atoms with van der Waals surface area (Å²) in [4.78, 5) is 35.1. The number of carbonyl (C=O) groups is 2. The van der Waals surface area contributed by atoms with Crippen molar-refractivity contribution in [3.8, 4) is 17.0 Å². The number of ether oxygens (including phenoxy) is 2. The van der Waals surface area contributed by atoms with Crippen LogP contribution in [-0.2, 0) is 9.53 Å². The monoisotopic (exact) mass is 398 g/mol. The highest BCUT2D eigenvalue weighted by atomic mass is 16.6. The van der Waals surface area contributed by atoms with E-state index >= 15 is 0 Å². The smallest absolute Gasteiger partial charge is 0.410 e. The van der Waals surface area contributed by atoms with E-state index in [1.807, 2.05) is 24.3 Å². The summed E-state index contributed by atoms with van der Waals surface area (Å²) >= 11 is 0. The van der Waals surface area contributed by atoms with Crippen molar-refractivity contribution in [2.24, 2.45) is 0 Å². The topological polar surface area (TPSA) is 93.7 Å². The van der Waals surface area contributed by atoms with E-state index in [0.29, 0.717) is 30.2 Å². The predicted octanol–water partition coefficient (Wildman–Crippen LogP) is 3.49. The molecule has 8 nitrogen and oxygen atoms in total. The molecule has 1 aliphatic heterocycles. The highest BCUT2D eigenvalue weighted by molar-refractivity contribution is 5.96. The van der Waals surface area contributed by atoms with Crippen molar-refractivity contribution in [2.75, 3.05) is 19.0 Å². The molecule has 0 bridgehead atoms. The summed E-state index contributed by atoms with van der Waals surface area (Å²) in [5.74, 6) is 0.746. The summed E-state index contributed by atoms with van der Waals surface area (Å²) in [6.07, 6.45) is 2.23. The molecule has 1 atom stereocenters. The van der Waals surface area contributed by atoms with Crippen LogP contribution in [0.4, 0.5) is 10.6 Å². The van der Waals surface area contributed by atoms with Gasteiger partial charge in [0.15, 0.2) is 0 Å². The quantitative estimate of drug-likeness (QED) is 0.847. The number of methoxy groups -OCH3 is 1. The zero-order valence-corrected chi connectivity index (χ0v) is 17.1. The SMILES string of the molecule is COc1ccccc1-c1cc(NC(=O)[C@@H]2CCCN2C(=O)OC(C)(C)C)ncn1. The number of hydrogen-bond donors (Lipinski definition) is 1. The molecule has 2 heterocycles. The molecule has 1 N–H and O–H groups in total. The second kappa shape index (κ2) is 8.46. The molecule has 0 saturated carbocycles. The number of nitrogens with zero attached hydrogens (tertiary/aromatic N) is 3. The molecule has 0 spiro atoms. The average Bonchev–Trinajstić information content (AvgIpc) is 3.17. The van der Waals surface area contributed by atoms with Gasteiger partial charge in [-0.25, -0.2) is 14.8 Å². The summed E-state index contributed by atoms with van der Waals surface area (Å²) < 4.78 is 10.8. The first kappa shape index (κ1) is 20.6. The molecule has 1 aliphatic rings. The molecule has 0 radical (unpaired) electrons. The van der Waals surface area contributed by atoms with Crippen LogP contribution in [-0.4, -0.2) is 52.2 Å². The molecular formula is C21H26N4O4. The van der Waals surface area contributed by atoms with Crippen LogP contribution in [0, 0.1) is 0 Å². The van der Waals surface area contributed by atoms with Gasteiger partial charge in [-0.2, -0.15) is 0 Å². The lowest BCUT2D eigenvalue weighted by molar-refractivity contribution is -0.120. The molecule has 2 amide bonds. The molecule has 1 fully saturated rings. The van der Waals surface area contributed by atoms with Gasteiger partial charge in [-0.05, 0) is 45.7 Å².